The Morgan fingerprint density at radius 3 is 2.07 bits per heavy atom. The molecule has 0 saturated carbocycles. The SMILES string of the molecule is Cc1cc(C)cc(C(C(=O)Nc2ccc3ccccc3c2)N(C(=O)C(Cc2ccc(O)cc2)NC(=O)OC(C)(C)C)C(C)C)c1. The lowest BCUT2D eigenvalue weighted by Gasteiger charge is -2.37. The predicted octanol–water partition coefficient (Wildman–Crippen LogP) is 7.22. The summed E-state index contributed by atoms with van der Waals surface area (Å²) in [6.07, 6.45) is -0.625. The van der Waals surface area contributed by atoms with E-state index >= 15 is 0 Å². The summed E-state index contributed by atoms with van der Waals surface area (Å²) < 4.78 is 5.51. The minimum atomic E-state index is -1.06. The van der Waals surface area contributed by atoms with Crippen molar-refractivity contribution in [3.05, 3.63) is 107 Å². The fourth-order valence-electron chi connectivity index (χ4n) is 5.46. The molecule has 236 valence electrons. The molecule has 0 bridgehead atoms. The molecule has 0 spiro atoms. The molecule has 3 N–H and O–H groups in total. The number of phenols is 1. The molecule has 45 heavy (non-hydrogen) atoms. The topological polar surface area (TPSA) is 108 Å². The van der Waals surface area contributed by atoms with Gasteiger partial charge in [0.2, 0.25) is 5.91 Å². The first-order chi connectivity index (χ1) is 21.2. The van der Waals surface area contributed by atoms with Gasteiger partial charge in [0.25, 0.3) is 5.91 Å². The van der Waals surface area contributed by atoms with E-state index in [9.17, 15) is 19.5 Å². The van der Waals surface area contributed by atoms with Crippen molar-refractivity contribution in [1.29, 1.82) is 0 Å². The second-order valence-corrected chi connectivity index (χ2v) is 12.8. The minimum absolute atomic E-state index is 0.0887. The Hall–Kier alpha value is -4.85. The molecular weight excluding hydrogens is 566 g/mol. The summed E-state index contributed by atoms with van der Waals surface area (Å²) in [5, 5.41) is 17.7. The van der Waals surface area contributed by atoms with Crippen molar-refractivity contribution in [2.24, 2.45) is 0 Å². The van der Waals surface area contributed by atoms with Crippen molar-refractivity contribution >= 4 is 34.4 Å². The molecule has 0 aliphatic carbocycles. The highest BCUT2D eigenvalue weighted by Gasteiger charge is 2.38. The van der Waals surface area contributed by atoms with Gasteiger partial charge in [0.05, 0.1) is 0 Å². The van der Waals surface area contributed by atoms with E-state index in [1.54, 1.807) is 32.9 Å². The normalized spacial score (nSPS) is 12.8. The molecule has 2 unspecified atom stereocenters. The smallest absolute Gasteiger partial charge is 0.408 e. The van der Waals surface area contributed by atoms with E-state index in [4.69, 9.17) is 4.74 Å². The third kappa shape index (κ3) is 8.85. The molecule has 8 heteroatoms. The molecule has 0 aromatic heterocycles. The molecule has 4 aromatic rings. The Bertz CT molecular complexity index is 1650. The van der Waals surface area contributed by atoms with Gasteiger partial charge in [-0.15, -0.1) is 0 Å². The fourth-order valence-corrected chi connectivity index (χ4v) is 5.46. The number of nitrogens with one attached hydrogen (secondary N) is 2. The van der Waals surface area contributed by atoms with Gasteiger partial charge in [0.1, 0.15) is 23.4 Å². The summed E-state index contributed by atoms with van der Waals surface area (Å²) in [5.41, 5.74) is 3.11. The van der Waals surface area contributed by atoms with Crippen LogP contribution in [0.1, 0.15) is 62.9 Å². The van der Waals surface area contributed by atoms with Crippen LogP contribution in [0.5, 0.6) is 5.75 Å². The van der Waals surface area contributed by atoms with Crippen LogP contribution in [0.4, 0.5) is 10.5 Å². The molecule has 0 fully saturated rings. The summed E-state index contributed by atoms with van der Waals surface area (Å²) in [5.74, 6) is -0.731. The van der Waals surface area contributed by atoms with Crippen LogP contribution in [0.2, 0.25) is 0 Å². The van der Waals surface area contributed by atoms with Gasteiger partial charge in [-0.05, 0) is 94.6 Å². The average Bonchev–Trinajstić information content (AvgIpc) is 2.94. The molecule has 0 radical (unpaired) electrons. The fraction of sp³-hybridized carbons (Fsp3) is 0.324. The maximum absolute atomic E-state index is 14.6. The monoisotopic (exact) mass is 609 g/mol. The van der Waals surface area contributed by atoms with Crippen LogP contribution in [0.15, 0.2) is 84.9 Å². The van der Waals surface area contributed by atoms with Gasteiger partial charge in [-0.1, -0.05) is 71.8 Å². The number of hydrogen-bond acceptors (Lipinski definition) is 5. The van der Waals surface area contributed by atoms with E-state index in [0.717, 1.165) is 27.5 Å². The highest BCUT2D eigenvalue weighted by atomic mass is 16.6. The van der Waals surface area contributed by atoms with Crippen molar-refractivity contribution in [3.8, 4) is 5.75 Å². The van der Waals surface area contributed by atoms with Crippen LogP contribution < -0.4 is 10.6 Å². The van der Waals surface area contributed by atoms with Gasteiger partial charge in [-0.3, -0.25) is 9.59 Å². The first-order valence-electron chi connectivity index (χ1n) is 15.2. The van der Waals surface area contributed by atoms with Crippen molar-refractivity contribution in [3.63, 3.8) is 0 Å². The number of benzene rings is 4. The van der Waals surface area contributed by atoms with Gasteiger partial charge in [0.15, 0.2) is 0 Å². The van der Waals surface area contributed by atoms with Crippen molar-refractivity contribution in [2.45, 2.75) is 78.6 Å². The zero-order chi connectivity index (χ0) is 32.9. The molecule has 0 aliphatic heterocycles. The largest absolute Gasteiger partial charge is 0.508 e. The minimum Gasteiger partial charge on any atom is -0.508 e. The van der Waals surface area contributed by atoms with E-state index in [2.05, 4.69) is 10.6 Å². The van der Waals surface area contributed by atoms with Crippen molar-refractivity contribution in [2.75, 3.05) is 5.32 Å². The molecule has 4 aromatic carbocycles. The maximum Gasteiger partial charge on any atom is 0.408 e. The van der Waals surface area contributed by atoms with E-state index in [1.165, 1.54) is 17.0 Å². The van der Waals surface area contributed by atoms with Gasteiger partial charge in [0, 0.05) is 18.2 Å². The number of fused-ring (bicyclic) bond motifs is 1. The number of ether oxygens (including phenoxy) is 1. The number of amides is 3. The number of hydrogen-bond donors (Lipinski definition) is 3. The van der Waals surface area contributed by atoms with E-state index in [0.29, 0.717) is 11.3 Å². The Kier molecular flexibility index (Phi) is 10.2. The molecule has 8 nitrogen and oxygen atoms in total. The Balaban J connectivity index is 1.76. The van der Waals surface area contributed by atoms with Crippen LogP contribution >= 0.6 is 0 Å². The Morgan fingerprint density at radius 2 is 1.47 bits per heavy atom. The molecule has 4 rings (SSSR count). The second kappa shape index (κ2) is 13.8. The quantitative estimate of drug-likeness (QED) is 0.186. The highest BCUT2D eigenvalue weighted by molar-refractivity contribution is 6.00. The van der Waals surface area contributed by atoms with Gasteiger partial charge >= 0.3 is 6.09 Å². The van der Waals surface area contributed by atoms with Gasteiger partial charge in [-0.25, -0.2) is 4.79 Å². The Labute approximate surface area is 265 Å². The number of carbonyl (C=O) groups excluding carboxylic acids is 3. The third-order valence-electron chi connectivity index (χ3n) is 7.28. The van der Waals surface area contributed by atoms with Crippen molar-refractivity contribution in [1.82, 2.24) is 10.2 Å². The lowest BCUT2D eigenvalue weighted by atomic mass is 9.96. The first kappa shape index (κ1) is 33.1. The number of rotatable bonds is 9. The third-order valence-corrected chi connectivity index (χ3v) is 7.28. The molecule has 3 amide bonds. The summed E-state index contributed by atoms with van der Waals surface area (Å²) in [7, 11) is 0. The van der Waals surface area contributed by atoms with E-state index in [1.807, 2.05) is 88.4 Å². The number of phenolic OH excluding ortho intramolecular Hbond substituents is 1. The van der Waals surface area contributed by atoms with Crippen LogP contribution in [0.25, 0.3) is 10.8 Å². The molecule has 0 aliphatic rings. The van der Waals surface area contributed by atoms with Crippen LogP contribution in [0, 0.1) is 13.8 Å². The Morgan fingerprint density at radius 1 is 0.844 bits per heavy atom. The molecular formula is C37H43N3O5. The number of carbonyl (C=O) groups is 3. The molecule has 0 heterocycles. The predicted molar refractivity (Wildman–Crippen MR) is 178 cm³/mol. The lowest BCUT2D eigenvalue weighted by molar-refractivity contribution is -0.142. The second-order valence-electron chi connectivity index (χ2n) is 12.8. The number of anilines is 1. The molecule has 0 saturated heterocycles. The van der Waals surface area contributed by atoms with Crippen molar-refractivity contribution < 1.29 is 24.2 Å². The summed E-state index contributed by atoms with van der Waals surface area (Å²) in [6.45, 7) is 12.8. The number of aromatic hydroxyl groups is 1. The number of nitrogens with zero attached hydrogens (tertiary/aromatic N) is 1. The van der Waals surface area contributed by atoms with E-state index < -0.39 is 35.7 Å². The lowest BCUT2D eigenvalue weighted by Crippen LogP contribution is -2.55. The number of aryl methyl sites for hydroxylation is 2. The summed E-state index contributed by atoms with van der Waals surface area (Å²) in [6, 6.07) is 23.4. The van der Waals surface area contributed by atoms with Gasteiger partial charge in [-0.2, -0.15) is 0 Å². The highest BCUT2D eigenvalue weighted by Crippen LogP contribution is 2.29. The summed E-state index contributed by atoms with van der Waals surface area (Å²) >= 11 is 0. The molecule has 2 atom stereocenters. The maximum atomic E-state index is 14.6. The van der Waals surface area contributed by atoms with Crippen LogP contribution in [-0.4, -0.2) is 45.6 Å². The first-order valence-corrected chi connectivity index (χ1v) is 15.2. The summed E-state index contributed by atoms with van der Waals surface area (Å²) in [4.78, 5) is 43.4. The zero-order valence-electron chi connectivity index (χ0n) is 27.0. The van der Waals surface area contributed by atoms with Crippen LogP contribution in [0.3, 0.4) is 0 Å². The standard InChI is InChI=1S/C37H43N3O5/c1-23(2)40(35(43)32(39-36(44)45-37(5,6)7)21-26-12-16-31(41)17-13-26)33(29-19-24(3)18-25(4)20-29)34(42)38-30-15-14-27-10-8-9-11-28(27)22-30/h8-20,22-23,32-33,41H,21H2,1-7H3,(H,38,42)(H,39,44). The average molecular weight is 610 g/mol. The van der Waals surface area contributed by atoms with Gasteiger partial charge < -0.3 is 25.4 Å². The van der Waals surface area contributed by atoms with E-state index in [-0.39, 0.29) is 18.1 Å². The number of alkyl carbamates (subject to hydrolysis) is 1. The zero-order valence-corrected chi connectivity index (χ0v) is 27.0. The van der Waals surface area contributed by atoms with Crippen LogP contribution in [-0.2, 0) is 20.7 Å².